The molecule has 0 aliphatic heterocycles. The number of sulfonamides is 1. The first-order valence-corrected chi connectivity index (χ1v) is 7.54. The number of hydrogen-bond acceptors (Lipinski definition) is 4. The molecule has 1 unspecified atom stereocenters. The third-order valence-corrected chi connectivity index (χ3v) is 4.03. The number of para-hydroxylation sites is 1. The van der Waals surface area contributed by atoms with Gasteiger partial charge in [-0.3, -0.25) is 0 Å². The summed E-state index contributed by atoms with van der Waals surface area (Å²) in [6.45, 7) is 1.85. The van der Waals surface area contributed by atoms with E-state index in [4.69, 9.17) is 10.8 Å². The van der Waals surface area contributed by atoms with Crippen LogP contribution in [0.5, 0.6) is 0 Å². The van der Waals surface area contributed by atoms with Gasteiger partial charge in [-0.05, 0) is 31.4 Å². The predicted octanol–water partition coefficient (Wildman–Crippen LogP) is 0.849. The number of aliphatic hydroxyl groups excluding tert-OH is 1. The molecule has 5 nitrogen and oxygen atoms in total. The van der Waals surface area contributed by atoms with Gasteiger partial charge in [0.15, 0.2) is 0 Å². The Bertz CT molecular complexity index is 474. The molecular formula is C12H20N2O3S. The molecule has 1 aromatic rings. The summed E-state index contributed by atoms with van der Waals surface area (Å²) in [6.07, 6.45) is 1.19. The average molecular weight is 272 g/mol. The van der Waals surface area contributed by atoms with Crippen LogP contribution in [0.2, 0.25) is 0 Å². The minimum Gasteiger partial charge on any atom is -0.398 e. The predicted molar refractivity (Wildman–Crippen MR) is 72.4 cm³/mol. The van der Waals surface area contributed by atoms with Crippen molar-refractivity contribution in [2.45, 2.75) is 31.6 Å². The van der Waals surface area contributed by atoms with Gasteiger partial charge in [0.1, 0.15) is 0 Å². The molecule has 1 atom stereocenters. The van der Waals surface area contributed by atoms with E-state index in [1.165, 1.54) is 0 Å². The van der Waals surface area contributed by atoms with E-state index in [0.29, 0.717) is 24.1 Å². The summed E-state index contributed by atoms with van der Waals surface area (Å²) in [4.78, 5) is 0. The van der Waals surface area contributed by atoms with Crippen LogP contribution >= 0.6 is 0 Å². The highest BCUT2D eigenvalue weighted by molar-refractivity contribution is 7.88. The summed E-state index contributed by atoms with van der Waals surface area (Å²) in [5, 5.41) is 8.69. The highest BCUT2D eigenvalue weighted by Crippen LogP contribution is 2.14. The molecule has 4 N–H and O–H groups in total. The minimum absolute atomic E-state index is 0.0672. The monoisotopic (exact) mass is 272 g/mol. The molecule has 6 heteroatoms. The molecule has 0 aromatic heterocycles. The maximum Gasteiger partial charge on any atom is 0.216 e. The minimum atomic E-state index is -3.40. The van der Waals surface area contributed by atoms with Crippen molar-refractivity contribution >= 4 is 15.7 Å². The van der Waals surface area contributed by atoms with Crippen molar-refractivity contribution in [1.82, 2.24) is 4.72 Å². The molecule has 1 aromatic carbocycles. The lowest BCUT2D eigenvalue weighted by molar-refractivity contribution is 0.279. The molecule has 0 heterocycles. The Morgan fingerprint density at radius 2 is 2.06 bits per heavy atom. The van der Waals surface area contributed by atoms with Crippen LogP contribution in [-0.4, -0.2) is 26.2 Å². The number of aliphatic hydroxyl groups is 1. The second-order valence-electron chi connectivity index (χ2n) is 4.34. The Hall–Kier alpha value is -1.11. The Morgan fingerprint density at radius 1 is 1.39 bits per heavy atom. The molecule has 0 bridgehead atoms. The van der Waals surface area contributed by atoms with E-state index in [-0.39, 0.29) is 18.4 Å². The first kappa shape index (κ1) is 14.9. The van der Waals surface area contributed by atoms with Crippen LogP contribution < -0.4 is 10.5 Å². The van der Waals surface area contributed by atoms with Gasteiger partial charge in [0, 0.05) is 18.3 Å². The molecule has 0 fully saturated rings. The highest BCUT2D eigenvalue weighted by atomic mass is 32.2. The zero-order chi connectivity index (χ0) is 13.6. The van der Waals surface area contributed by atoms with Crippen LogP contribution in [0.1, 0.15) is 25.3 Å². The van der Waals surface area contributed by atoms with Crippen LogP contribution in [0.3, 0.4) is 0 Å². The van der Waals surface area contributed by atoms with Crippen LogP contribution in [-0.2, 0) is 15.8 Å². The number of rotatable bonds is 7. The van der Waals surface area contributed by atoms with E-state index in [9.17, 15) is 8.42 Å². The summed E-state index contributed by atoms with van der Waals surface area (Å²) in [5.74, 6) is -0.122. The summed E-state index contributed by atoms with van der Waals surface area (Å²) >= 11 is 0. The lowest BCUT2D eigenvalue weighted by Gasteiger charge is -2.14. The Labute approximate surface area is 108 Å². The van der Waals surface area contributed by atoms with Crippen molar-refractivity contribution < 1.29 is 13.5 Å². The van der Waals surface area contributed by atoms with E-state index in [1.54, 1.807) is 31.2 Å². The van der Waals surface area contributed by atoms with Gasteiger partial charge in [-0.25, -0.2) is 13.1 Å². The maximum atomic E-state index is 11.9. The quantitative estimate of drug-likeness (QED) is 0.642. The third-order valence-electron chi connectivity index (χ3n) is 2.58. The molecule has 0 aliphatic carbocycles. The fraction of sp³-hybridized carbons (Fsp3) is 0.500. The first-order valence-electron chi connectivity index (χ1n) is 5.89. The van der Waals surface area contributed by atoms with Crippen LogP contribution in [0.4, 0.5) is 5.69 Å². The van der Waals surface area contributed by atoms with Crippen molar-refractivity contribution in [3.8, 4) is 0 Å². The van der Waals surface area contributed by atoms with Gasteiger partial charge in [-0.2, -0.15) is 0 Å². The van der Waals surface area contributed by atoms with Crippen molar-refractivity contribution in [1.29, 1.82) is 0 Å². The van der Waals surface area contributed by atoms with E-state index >= 15 is 0 Å². The van der Waals surface area contributed by atoms with E-state index in [0.717, 1.165) is 0 Å². The average Bonchev–Trinajstić information content (AvgIpc) is 2.28. The number of benzene rings is 1. The molecule has 0 amide bonds. The molecule has 1 rings (SSSR count). The van der Waals surface area contributed by atoms with Gasteiger partial charge < -0.3 is 10.8 Å². The fourth-order valence-electron chi connectivity index (χ4n) is 1.67. The van der Waals surface area contributed by atoms with Gasteiger partial charge in [-0.15, -0.1) is 0 Å². The largest absolute Gasteiger partial charge is 0.398 e. The van der Waals surface area contributed by atoms with Gasteiger partial charge in [-0.1, -0.05) is 18.2 Å². The number of hydrogen-bond donors (Lipinski definition) is 3. The van der Waals surface area contributed by atoms with Crippen molar-refractivity contribution in [3.63, 3.8) is 0 Å². The maximum absolute atomic E-state index is 11.9. The fourth-order valence-corrected chi connectivity index (χ4v) is 3.16. The van der Waals surface area contributed by atoms with Gasteiger partial charge in [0.2, 0.25) is 10.0 Å². The van der Waals surface area contributed by atoms with Crippen LogP contribution in [0.25, 0.3) is 0 Å². The van der Waals surface area contributed by atoms with Crippen molar-refractivity contribution in [2.75, 3.05) is 12.3 Å². The second kappa shape index (κ2) is 6.72. The summed E-state index contributed by atoms with van der Waals surface area (Å²) in [7, 11) is -3.40. The Morgan fingerprint density at radius 3 is 2.67 bits per heavy atom. The molecule has 0 saturated heterocycles. The Kier molecular flexibility index (Phi) is 5.58. The molecule has 0 aliphatic rings. The molecule has 0 saturated carbocycles. The lowest BCUT2D eigenvalue weighted by atomic mass is 10.2. The number of anilines is 1. The molecule has 102 valence electrons. The van der Waals surface area contributed by atoms with Crippen molar-refractivity contribution in [3.05, 3.63) is 29.8 Å². The third kappa shape index (κ3) is 5.03. The normalized spacial score (nSPS) is 13.4. The second-order valence-corrected chi connectivity index (χ2v) is 6.10. The zero-order valence-corrected chi connectivity index (χ0v) is 11.3. The van der Waals surface area contributed by atoms with E-state index in [2.05, 4.69) is 4.72 Å². The topological polar surface area (TPSA) is 92.4 Å². The Balaban J connectivity index is 2.63. The van der Waals surface area contributed by atoms with Crippen LogP contribution in [0.15, 0.2) is 24.3 Å². The molecule has 0 radical (unpaired) electrons. The van der Waals surface area contributed by atoms with E-state index in [1.807, 2.05) is 0 Å². The SMILES string of the molecule is CC(CCCO)NS(=O)(=O)Cc1ccccc1N. The van der Waals surface area contributed by atoms with E-state index < -0.39 is 10.0 Å². The number of nitrogens with one attached hydrogen (secondary N) is 1. The van der Waals surface area contributed by atoms with Gasteiger partial charge >= 0.3 is 0 Å². The first-order chi connectivity index (χ1) is 8.44. The smallest absolute Gasteiger partial charge is 0.216 e. The van der Waals surface area contributed by atoms with Crippen LogP contribution in [0, 0.1) is 0 Å². The molecule has 18 heavy (non-hydrogen) atoms. The number of nitrogens with two attached hydrogens (primary N) is 1. The molecule has 0 spiro atoms. The number of nitrogen functional groups attached to an aromatic ring is 1. The van der Waals surface area contributed by atoms with Crippen molar-refractivity contribution in [2.24, 2.45) is 0 Å². The lowest BCUT2D eigenvalue weighted by Crippen LogP contribution is -2.33. The highest BCUT2D eigenvalue weighted by Gasteiger charge is 2.16. The van der Waals surface area contributed by atoms with Gasteiger partial charge in [0.25, 0.3) is 0 Å². The summed E-state index contributed by atoms with van der Waals surface area (Å²) < 4.78 is 26.4. The molecular weight excluding hydrogens is 252 g/mol. The summed E-state index contributed by atoms with van der Waals surface area (Å²) in [5.41, 5.74) is 6.79. The standard InChI is InChI=1S/C12H20N2O3S/c1-10(5-4-8-15)14-18(16,17)9-11-6-2-3-7-12(11)13/h2-3,6-7,10,14-15H,4-5,8-9,13H2,1H3. The zero-order valence-electron chi connectivity index (χ0n) is 10.5. The van der Waals surface area contributed by atoms with Gasteiger partial charge in [0.05, 0.1) is 5.75 Å². The summed E-state index contributed by atoms with van der Waals surface area (Å²) in [6, 6.07) is 6.72.